The minimum atomic E-state index is -0.0991. The quantitative estimate of drug-likeness (QED) is 0.848. The van der Waals surface area contributed by atoms with Crippen LogP contribution in [-0.4, -0.2) is 16.1 Å². The number of aromatic nitrogens is 2. The highest BCUT2D eigenvalue weighted by molar-refractivity contribution is 9.10. The topological polar surface area (TPSA) is 66.9 Å². The van der Waals surface area contributed by atoms with E-state index in [4.69, 9.17) is 0 Å². The maximum atomic E-state index is 11.9. The molecule has 1 aromatic heterocycles. The zero-order valence-corrected chi connectivity index (χ0v) is 11.5. The molecule has 2 aromatic rings. The Morgan fingerprint density at radius 3 is 2.89 bits per heavy atom. The Morgan fingerprint density at radius 2 is 2.11 bits per heavy atom. The lowest BCUT2D eigenvalue weighted by Gasteiger charge is -2.16. The fourth-order valence-corrected chi connectivity index (χ4v) is 2.44. The van der Waals surface area contributed by atoms with Crippen LogP contribution in [0.15, 0.2) is 41.1 Å². The van der Waals surface area contributed by atoms with Crippen molar-refractivity contribution in [2.24, 2.45) is 0 Å². The number of amides is 1. The number of nitrogens with zero attached hydrogens (tertiary/aromatic N) is 2. The van der Waals surface area contributed by atoms with Gasteiger partial charge in [-0.25, -0.2) is 0 Å². The van der Waals surface area contributed by atoms with Gasteiger partial charge in [-0.05, 0) is 29.8 Å². The average molecular weight is 319 g/mol. The summed E-state index contributed by atoms with van der Waals surface area (Å²) in [6, 6.07) is 7.52. The van der Waals surface area contributed by atoms with E-state index in [2.05, 4.69) is 36.8 Å². The van der Waals surface area contributed by atoms with Gasteiger partial charge in [-0.15, -0.1) is 0 Å². The van der Waals surface area contributed by atoms with Crippen molar-refractivity contribution >= 4 is 33.2 Å². The smallest absolute Gasteiger partial charge is 0.226 e. The third-order valence-corrected chi connectivity index (χ3v) is 3.48. The number of hydrogen-bond acceptors (Lipinski definition) is 4. The molecule has 0 saturated heterocycles. The lowest BCUT2D eigenvalue weighted by Crippen LogP contribution is -2.15. The Labute approximate surface area is 118 Å². The summed E-state index contributed by atoms with van der Waals surface area (Å²) in [4.78, 5) is 11.9. The first-order valence-electron chi connectivity index (χ1n) is 5.85. The normalized spacial score (nSPS) is 17.9. The molecule has 1 aliphatic rings. The number of hydrogen-bond donors (Lipinski definition) is 2. The monoisotopic (exact) mass is 318 g/mol. The van der Waals surface area contributed by atoms with Crippen LogP contribution < -0.4 is 10.6 Å². The molecule has 5 nitrogen and oxygen atoms in total. The molecule has 0 bridgehead atoms. The minimum Gasteiger partial charge on any atom is -0.376 e. The van der Waals surface area contributed by atoms with E-state index in [-0.39, 0.29) is 11.9 Å². The number of benzene rings is 1. The Balaban J connectivity index is 1.98. The van der Waals surface area contributed by atoms with Crippen molar-refractivity contribution < 1.29 is 4.79 Å². The van der Waals surface area contributed by atoms with Crippen LogP contribution in [0.2, 0.25) is 0 Å². The zero-order valence-electron chi connectivity index (χ0n) is 9.93. The molecule has 2 heterocycles. The van der Waals surface area contributed by atoms with E-state index in [9.17, 15) is 4.79 Å². The molecule has 0 spiro atoms. The molecule has 0 fully saturated rings. The van der Waals surface area contributed by atoms with Crippen molar-refractivity contribution in [1.29, 1.82) is 0 Å². The molecule has 1 atom stereocenters. The van der Waals surface area contributed by atoms with Gasteiger partial charge in [0, 0.05) is 10.7 Å². The van der Waals surface area contributed by atoms with Crippen molar-refractivity contribution in [3.05, 3.63) is 46.7 Å². The van der Waals surface area contributed by atoms with Crippen LogP contribution in [0.3, 0.4) is 0 Å². The maximum Gasteiger partial charge on any atom is 0.226 e. The summed E-state index contributed by atoms with van der Waals surface area (Å²) in [5.41, 5.74) is 2.63. The van der Waals surface area contributed by atoms with E-state index in [1.807, 2.05) is 24.3 Å². The van der Waals surface area contributed by atoms with E-state index in [0.717, 1.165) is 21.4 Å². The summed E-state index contributed by atoms with van der Waals surface area (Å²) in [6.07, 6.45) is 3.66. The van der Waals surface area contributed by atoms with Gasteiger partial charge in [0.25, 0.3) is 0 Å². The Kier molecular flexibility index (Phi) is 3.16. The standard InChI is InChI=1S/C13H11BrN4O/c14-9-1-2-10-12(5-9)18-13(19)6-11(17-10)8-3-4-15-16-7-8/h1-5,7,11,17H,6H2,(H,18,19). The fraction of sp³-hybridized carbons (Fsp3) is 0.154. The molecule has 0 radical (unpaired) electrons. The van der Waals surface area contributed by atoms with E-state index in [0.29, 0.717) is 6.42 Å². The number of rotatable bonds is 1. The molecule has 1 aliphatic heterocycles. The summed E-state index contributed by atoms with van der Waals surface area (Å²) in [5.74, 6) is -0.0221. The summed E-state index contributed by atoms with van der Waals surface area (Å²) in [5, 5.41) is 13.9. The predicted octanol–water partition coefficient (Wildman–Crippen LogP) is 2.73. The highest BCUT2D eigenvalue weighted by atomic mass is 79.9. The summed E-state index contributed by atoms with van der Waals surface area (Å²) < 4.78 is 0.928. The highest BCUT2D eigenvalue weighted by Crippen LogP contribution is 2.33. The van der Waals surface area contributed by atoms with Crippen molar-refractivity contribution in [1.82, 2.24) is 10.2 Å². The van der Waals surface area contributed by atoms with E-state index < -0.39 is 0 Å². The molecule has 1 unspecified atom stereocenters. The highest BCUT2D eigenvalue weighted by Gasteiger charge is 2.22. The molecular formula is C13H11BrN4O. The van der Waals surface area contributed by atoms with Gasteiger partial charge >= 0.3 is 0 Å². The molecule has 0 saturated carbocycles. The van der Waals surface area contributed by atoms with Gasteiger partial charge in [0.2, 0.25) is 5.91 Å². The molecular weight excluding hydrogens is 308 g/mol. The SMILES string of the molecule is O=C1CC(c2ccnnc2)Nc2ccc(Br)cc2N1. The molecule has 2 N–H and O–H groups in total. The zero-order chi connectivity index (χ0) is 13.2. The molecule has 0 aliphatic carbocycles. The maximum absolute atomic E-state index is 11.9. The number of fused-ring (bicyclic) bond motifs is 1. The van der Waals surface area contributed by atoms with Crippen LogP contribution in [0.5, 0.6) is 0 Å². The second kappa shape index (κ2) is 4.97. The van der Waals surface area contributed by atoms with Gasteiger partial charge in [-0.1, -0.05) is 15.9 Å². The lowest BCUT2D eigenvalue weighted by atomic mass is 10.1. The third kappa shape index (κ3) is 2.58. The molecule has 1 aromatic carbocycles. The van der Waals surface area contributed by atoms with E-state index in [1.165, 1.54) is 0 Å². The number of anilines is 2. The van der Waals surface area contributed by atoms with Gasteiger partial charge in [0.05, 0.1) is 30.0 Å². The van der Waals surface area contributed by atoms with Crippen molar-refractivity contribution in [2.45, 2.75) is 12.5 Å². The molecule has 19 heavy (non-hydrogen) atoms. The van der Waals surface area contributed by atoms with Gasteiger partial charge in [-0.3, -0.25) is 4.79 Å². The molecule has 1 amide bonds. The van der Waals surface area contributed by atoms with Crippen LogP contribution in [0.1, 0.15) is 18.0 Å². The second-order valence-corrected chi connectivity index (χ2v) is 5.23. The molecule has 96 valence electrons. The van der Waals surface area contributed by atoms with Crippen LogP contribution in [0, 0.1) is 0 Å². The summed E-state index contributed by atoms with van der Waals surface area (Å²) >= 11 is 3.40. The number of halogens is 1. The summed E-state index contributed by atoms with van der Waals surface area (Å²) in [7, 11) is 0. The average Bonchev–Trinajstić information content (AvgIpc) is 2.57. The van der Waals surface area contributed by atoms with Crippen LogP contribution in [-0.2, 0) is 4.79 Å². The van der Waals surface area contributed by atoms with Crippen molar-refractivity contribution in [3.8, 4) is 0 Å². The third-order valence-electron chi connectivity index (χ3n) is 2.98. The fourth-order valence-electron chi connectivity index (χ4n) is 2.08. The molecule has 6 heteroatoms. The summed E-state index contributed by atoms with van der Waals surface area (Å²) in [6.45, 7) is 0. The van der Waals surface area contributed by atoms with Crippen molar-refractivity contribution in [3.63, 3.8) is 0 Å². The van der Waals surface area contributed by atoms with Crippen LogP contribution in [0.4, 0.5) is 11.4 Å². The number of carbonyl (C=O) groups is 1. The number of carbonyl (C=O) groups excluding carboxylic acids is 1. The molecule has 3 rings (SSSR count). The van der Waals surface area contributed by atoms with Crippen molar-refractivity contribution in [2.75, 3.05) is 10.6 Å². The Morgan fingerprint density at radius 1 is 1.21 bits per heavy atom. The Bertz CT molecular complexity index is 617. The van der Waals surface area contributed by atoms with Gasteiger partial charge in [-0.2, -0.15) is 10.2 Å². The minimum absolute atomic E-state index is 0.0221. The number of nitrogens with one attached hydrogen (secondary N) is 2. The van der Waals surface area contributed by atoms with Crippen LogP contribution in [0.25, 0.3) is 0 Å². The largest absolute Gasteiger partial charge is 0.376 e. The van der Waals surface area contributed by atoms with Gasteiger partial charge in [0.15, 0.2) is 0 Å². The Hall–Kier alpha value is -1.95. The lowest BCUT2D eigenvalue weighted by molar-refractivity contribution is -0.116. The van der Waals surface area contributed by atoms with E-state index in [1.54, 1.807) is 12.4 Å². The second-order valence-electron chi connectivity index (χ2n) is 4.31. The predicted molar refractivity (Wildman–Crippen MR) is 75.8 cm³/mol. The first-order chi connectivity index (χ1) is 9.22. The van der Waals surface area contributed by atoms with Gasteiger partial charge < -0.3 is 10.6 Å². The van der Waals surface area contributed by atoms with Gasteiger partial charge in [0.1, 0.15) is 0 Å². The van der Waals surface area contributed by atoms with E-state index >= 15 is 0 Å². The first kappa shape index (κ1) is 12.1. The first-order valence-corrected chi connectivity index (χ1v) is 6.64. The van der Waals surface area contributed by atoms with Crippen LogP contribution >= 0.6 is 15.9 Å².